The molecule has 29 heavy (non-hydrogen) atoms. The maximum Gasteiger partial charge on any atom is 0.118 e. The van der Waals surface area contributed by atoms with Crippen LogP contribution in [0, 0.1) is 0 Å². The first kappa shape index (κ1) is 18.8. The Morgan fingerprint density at radius 3 is 2.34 bits per heavy atom. The van der Waals surface area contributed by atoms with Gasteiger partial charge in [-0.05, 0) is 23.8 Å². The molecule has 4 rings (SSSR count). The van der Waals surface area contributed by atoms with Gasteiger partial charge in [0.05, 0.1) is 37.0 Å². The number of hydrogen-bond donors (Lipinski definition) is 2. The fourth-order valence-electron chi connectivity index (χ4n) is 3.40. The van der Waals surface area contributed by atoms with Gasteiger partial charge in [-0.25, -0.2) is 4.68 Å². The molecule has 0 atom stereocenters. The van der Waals surface area contributed by atoms with Crippen LogP contribution < -0.4 is 10.1 Å². The fourth-order valence-corrected chi connectivity index (χ4v) is 3.40. The number of anilines is 1. The lowest BCUT2D eigenvalue weighted by Crippen LogP contribution is -2.07. The van der Waals surface area contributed by atoms with Crippen molar-refractivity contribution < 1.29 is 9.84 Å². The van der Waals surface area contributed by atoms with Crippen molar-refractivity contribution in [2.24, 2.45) is 0 Å². The van der Waals surface area contributed by atoms with Crippen molar-refractivity contribution in [3.05, 3.63) is 85.1 Å². The number of hydrogen-bond acceptors (Lipinski definition) is 4. The Hall–Kier alpha value is -3.57. The van der Waals surface area contributed by atoms with Gasteiger partial charge in [0.15, 0.2) is 0 Å². The van der Waals surface area contributed by atoms with Gasteiger partial charge in [-0.3, -0.25) is 0 Å². The Morgan fingerprint density at radius 2 is 1.62 bits per heavy atom. The summed E-state index contributed by atoms with van der Waals surface area (Å²) in [6.45, 7) is 0.521. The van der Waals surface area contributed by atoms with Crippen molar-refractivity contribution in [2.45, 2.75) is 0 Å². The topological polar surface area (TPSA) is 59.3 Å². The minimum absolute atomic E-state index is 0.0574. The van der Waals surface area contributed by atoms with Gasteiger partial charge in [-0.1, -0.05) is 60.7 Å². The second-order valence-electron chi connectivity index (χ2n) is 6.58. The van der Waals surface area contributed by atoms with Gasteiger partial charge in [0, 0.05) is 17.7 Å². The number of ether oxygens (including phenoxy) is 1. The van der Waals surface area contributed by atoms with Gasteiger partial charge >= 0.3 is 0 Å². The average molecular weight is 385 g/mol. The summed E-state index contributed by atoms with van der Waals surface area (Å²) in [6.07, 6.45) is 1.81. The molecule has 1 heterocycles. The summed E-state index contributed by atoms with van der Waals surface area (Å²) in [5, 5.41) is 17.2. The molecule has 1 aromatic heterocycles. The van der Waals surface area contributed by atoms with Gasteiger partial charge in [0.25, 0.3) is 0 Å². The van der Waals surface area contributed by atoms with E-state index in [2.05, 4.69) is 34.7 Å². The Labute approximate surface area is 170 Å². The van der Waals surface area contributed by atoms with Crippen molar-refractivity contribution >= 4 is 5.69 Å². The van der Waals surface area contributed by atoms with Crippen molar-refractivity contribution in [1.29, 1.82) is 0 Å². The first-order chi connectivity index (χ1) is 14.3. The molecular formula is C24H23N3O2. The van der Waals surface area contributed by atoms with E-state index in [1.54, 1.807) is 7.11 Å². The molecule has 5 nitrogen and oxygen atoms in total. The predicted octanol–water partition coefficient (Wildman–Crippen LogP) is 4.62. The van der Waals surface area contributed by atoms with E-state index in [0.29, 0.717) is 6.54 Å². The number of methoxy groups -OCH3 is 1. The summed E-state index contributed by atoms with van der Waals surface area (Å²) in [4.78, 5) is 0. The molecule has 5 heteroatoms. The molecule has 0 spiro atoms. The zero-order valence-corrected chi connectivity index (χ0v) is 16.2. The highest BCUT2D eigenvalue weighted by molar-refractivity contribution is 5.80. The van der Waals surface area contributed by atoms with Crippen molar-refractivity contribution in [1.82, 2.24) is 9.78 Å². The van der Waals surface area contributed by atoms with E-state index in [1.807, 2.05) is 65.5 Å². The summed E-state index contributed by atoms with van der Waals surface area (Å²) < 4.78 is 7.24. The lowest BCUT2D eigenvalue weighted by Gasteiger charge is -2.15. The highest BCUT2D eigenvalue weighted by Crippen LogP contribution is 2.34. The van der Waals surface area contributed by atoms with Crippen molar-refractivity contribution in [3.63, 3.8) is 0 Å². The molecule has 2 N–H and O–H groups in total. The van der Waals surface area contributed by atoms with Crippen LogP contribution in [0.2, 0.25) is 0 Å². The van der Waals surface area contributed by atoms with Crippen LogP contribution in [-0.2, 0) is 0 Å². The second-order valence-corrected chi connectivity index (χ2v) is 6.58. The third-order valence-corrected chi connectivity index (χ3v) is 4.78. The Kier molecular flexibility index (Phi) is 5.59. The van der Waals surface area contributed by atoms with E-state index in [1.165, 1.54) is 0 Å². The Bertz CT molecular complexity index is 1070. The molecule has 0 aliphatic heterocycles. The molecule has 0 aliphatic carbocycles. The quantitative estimate of drug-likeness (QED) is 0.487. The van der Waals surface area contributed by atoms with Gasteiger partial charge in [-0.2, -0.15) is 5.10 Å². The standard InChI is InChI=1S/C24H23N3O2/c1-29-20-13-11-18(12-14-20)21-9-5-6-10-23(21)27-24(19-7-3-2-4-8-19)22(17-26-27)25-15-16-28/h2-14,17,25,28H,15-16H2,1H3. The molecule has 0 radical (unpaired) electrons. The fraction of sp³-hybridized carbons (Fsp3) is 0.125. The van der Waals surface area contributed by atoms with Gasteiger partial charge in [0.1, 0.15) is 5.75 Å². The minimum Gasteiger partial charge on any atom is -0.497 e. The molecule has 0 bridgehead atoms. The first-order valence-electron chi connectivity index (χ1n) is 9.54. The number of benzene rings is 3. The number of aromatic nitrogens is 2. The third kappa shape index (κ3) is 3.86. The van der Waals surface area contributed by atoms with E-state index in [9.17, 15) is 5.11 Å². The largest absolute Gasteiger partial charge is 0.497 e. The summed E-state index contributed by atoms with van der Waals surface area (Å²) in [6, 6.07) is 26.4. The molecule has 0 unspecified atom stereocenters. The summed E-state index contributed by atoms with van der Waals surface area (Å²) in [5.74, 6) is 0.825. The van der Waals surface area contributed by atoms with E-state index in [0.717, 1.165) is 39.5 Å². The Morgan fingerprint density at radius 1 is 0.897 bits per heavy atom. The van der Waals surface area contributed by atoms with Crippen molar-refractivity contribution in [2.75, 3.05) is 25.6 Å². The van der Waals surface area contributed by atoms with Crippen molar-refractivity contribution in [3.8, 4) is 33.8 Å². The zero-order chi connectivity index (χ0) is 20.1. The molecule has 0 saturated carbocycles. The molecule has 0 fully saturated rings. The van der Waals surface area contributed by atoms with Crippen LogP contribution >= 0.6 is 0 Å². The van der Waals surface area contributed by atoms with Crippen LogP contribution in [0.1, 0.15) is 0 Å². The highest BCUT2D eigenvalue weighted by atomic mass is 16.5. The lowest BCUT2D eigenvalue weighted by atomic mass is 10.0. The van der Waals surface area contributed by atoms with Crippen LogP contribution in [0.25, 0.3) is 28.1 Å². The number of para-hydroxylation sites is 1. The minimum atomic E-state index is 0.0574. The van der Waals surface area contributed by atoms with Gasteiger partial charge in [-0.15, -0.1) is 0 Å². The van der Waals surface area contributed by atoms with Gasteiger partial charge < -0.3 is 15.2 Å². The maximum absolute atomic E-state index is 9.25. The monoisotopic (exact) mass is 385 g/mol. The van der Waals surface area contributed by atoms with E-state index in [-0.39, 0.29) is 6.61 Å². The lowest BCUT2D eigenvalue weighted by molar-refractivity contribution is 0.311. The first-order valence-corrected chi connectivity index (χ1v) is 9.54. The summed E-state index contributed by atoms with van der Waals surface area (Å²) >= 11 is 0. The number of aliphatic hydroxyl groups is 1. The molecule has 146 valence electrons. The molecule has 0 aliphatic rings. The van der Waals surface area contributed by atoms with E-state index in [4.69, 9.17) is 4.74 Å². The number of rotatable bonds is 7. The normalized spacial score (nSPS) is 10.7. The van der Waals surface area contributed by atoms with Crippen LogP contribution in [0.3, 0.4) is 0 Å². The SMILES string of the molecule is COc1ccc(-c2ccccc2-n2ncc(NCCO)c2-c2ccccc2)cc1. The molecule has 0 saturated heterocycles. The highest BCUT2D eigenvalue weighted by Gasteiger charge is 2.17. The molecule has 4 aromatic rings. The zero-order valence-electron chi connectivity index (χ0n) is 16.2. The number of nitrogens with one attached hydrogen (secondary N) is 1. The van der Waals surface area contributed by atoms with Gasteiger partial charge in [0.2, 0.25) is 0 Å². The Balaban J connectivity index is 1.86. The van der Waals surface area contributed by atoms with Crippen LogP contribution in [0.4, 0.5) is 5.69 Å². The number of aliphatic hydroxyl groups excluding tert-OH is 1. The predicted molar refractivity (Wildman–Crippen MR) is 117 cm³/mol. The second kappa shape index (κ2) is 8.63. The molecule has 0 amide bonds. The van der Waals surface area contributed by atoms with Crippen LogP contribution in [0.5, 0.6) is 5.75 Å². The maximum atomic E-state index is 9.25. The average Bonchev–Trinajstić information content (AvgIpc) is 3.22. The molecular weight excluding hydrogens is 362 g/mol. The van der Waals surface area contributed by atoms with E-state index >= 15 is 0 Å². The summed E-state index contributed by atoms with van der Waals surface area (Å²) in [5.41, 5.74) is 6.03. The molecule has 3 aromatic carbocycles. The summed E-state index contributed by atoms with van der Waals surface area (Å²) in [7, 11) is 1.67. The number of nitrogens with zero attached hydrogens (tertiary/aromatic N) is 2. The third-order valence-electron chi connectivity index (χ3n) is 4.78. The van der Waals surface area contributed by atoms with E-state index < -0.39 is 0 Å². The van der Waals surface area contributed by atoms with Crippen LogP contribution in [0.15, 0.2) is 85.1 Å². The smallest absolute Gasteiger partial charge is 0.118 e. The van der Waals surface area contributed by atoms with Crippen LogP contribution in [-0.4, -0.2) is 35.1 Å².